The van der Waals surface area contributed by atoms with E-state index in [2.05, 4.69) is 15.6 Å². The van der Waals surface area contributed by atoms with Gasteiger partial charge >= 0.3 is 0 Å². The molecule has 0 fully saturated rings. The standard InChI is InChI=1S/C22H19N3O4/c1-14(26)15-3-5-18(6-4-15)24-21(27)16-11-17(13-23-12-16)22(28)25-19-7-9-20(29-2)10-8-19/h3-13H,1-2H3,(H,24,27)(H,25,28). The summed E-state index contributed by atoms with van der Waals surface area (Å²) < 4.78 is 5.08. The number of methoxy groups -OCH3 is 1. The van der Waals surface area contributed by atoms with Gasteiger partial charge in [-0.05, 0) is 61.5 Å². The Kier molecular flexibility index (Phi) is 5.99. The van der Waals surface area contributed by atoms with Crippen molar-refractivity contribution in [3.63, 3.8) is 0 Å². The van der Waals surface area contributed by atoms with E-state index in [1.807, 2.05) is 0 Å². The summed E-state index contributed by atoms with van der Waals surface area (Å²) in [4.78, 5) is 40.2. The quantitative estimate of drug-likeness (QED) is 0.625. The zero-order valence-electron chi connectivity index (χ0n) is 15.9. The lowest BCUT2D eigenvalue weighted by Crippen LogP contribution is -2.16. The number of carbonyl (C=O) groups excluding carboxylic acids is 3. The third-order valence-electron chi connectivity index (χ3n) is 4.16. The molecule has 3 aromatic rings. The van der Waals surface area contributed by atoms with Crippen LogP contribution < -0.4 is 15.4 Å². The van der Waals surface area contributed by atoms with Gasteiger partial charge in [0.25, 0.3) is 11.8 Å². The first kappa shape index (κ1) is 19.8. The number of amides is 2. The maximum absolute atomic E-state index is 12.5. The molecule has 2 amide bonds. The van der Waals surface area contributed by atoms with Gasteiger partial charge in [-0.1, -0.05) is 0 Å². The average molecular weight is 389 g/mol. The number of ether oxygens (including phenoxy) is 1. The molecular weight excluding hydrogens is 370 g/mol. The molecule has 0 spiro atoms. The van der Waals surface area contributed by atoms with E-state index in [4.69, 9.17) is 4.74 Å². The van der Waals surface area contributed by atoms with Gasteiger partial charge in [0, 0.05) is 29.3 Å². The van der Waals surface area contributed by atoms with Crippen LogP contribution in [0, 0.1) is 0 Å². The number of carbonyl (C=O) groups is 3. The van der Waals surface area contributed by atoms with Crippen molar-refractivity contribution in [3.05, 3.63) is 83.7 Å². The Morgan fingerprint density at radius 1 is 0.759 bits per heavy atom. The first-order chi connectivity index (χ1) is 14.0. The van der Waals surface area contributed by atoms with E-state index in [-0.39, 0.29) is 22.8 Å². The van der Waals surface area contributed by atoms with E-state index >= 15 is 0 Å². The second kappa shape index (κ2) is 8.79. The molecule has 0 radical (unpaired) electrons. The van der Waals surface area contributed by atoms with Gasteiger partial charge in [-0.15, -0.1) is 0 Å². The smallest absolute Gasteiger partial charge is 0.257 e. The molecule has 0 unspecified atom stereocenters. The summed E-state index contributed by atoms with van der Waals surface area (Å²) >= 11 is 0. The lowest BCUT2D eigenvalue weighted by Gasteiger charge is -2.08. The van der Waals surface area contributed by atoms with Gasteiger partial charge in [0.15, 0.2) is 5.78 Å². The van der Waals surface area contributed by atoms with Crippen molar-refractivity contribution in [2.45, 2.75) is 6.92 Å². The number of anilines is 2. The maximum atomic E-state index is 12.5. The number of aromatic nitrogens is 1. The normalized spacial score (nSPS) is 10.1. The highest BCUT2D eigenvalue weighted by Crippen LogP contribution is 2.16. The molecule has 3 rings (SSSR count). The van der Waals surface area contributed by atoms with Gasteiger partial charge in [-0.2, -0.15) is 0 Å². The first-order valence-electron chi connectivity index (χ1n) is 8.79. The first-order valence-corrected chi connectivity index (χ1v) is 8.79. The molecule has 0 atom stereocenters. The van der Waals surface area contributed by atoms with Crippen LogP contribution in [0.3, 0.4) is 0 Å². The van der Waals surface area contributed by atoms with E-state index in [9.17, 15) is 14.4 Å². The van der Waals surface area contributed by atoms with Gasteiger partial charge in [-0.25, -0.2) is 0 Å². The van der Waals surface area contributed by atoms with Gasteiger partial charge in [0.05, 0.1) is 18.2 Å². The number of pyridine rings is 1. The highest BCUT2D eigenvalue weighted by atomic mass is 16.5. The summed E-state index contributed by atoms with van der Waals surface area (Å²) in [5.74, 6) is -0.169. The predicted octanol–water partition coefficient (Wildman–Crippen LogP) is 3.80. The third-order valence-corrected chi connectivity index (χ3v) is 4.16. The molecule has 0 saturated heterocycles. The zero-order chi connectivity index (χ0) is 20.8. The molecule has 2 N–H and O–H groups in total. The van der Waals surface area contributed by atoms with Crippen molar-refractivity contribution in [2.75, 3.05) is 17.7 Å². The van der Waals surface area contributed by atoms with Crippen molar-refractivity contribution >= 4 is 29.0 Å². The lowest BCUT2D eigenvalue weighted by atomic mass is 10.1. The largest absolute Gasteiger partial charge is 0.497 e. The van der Waals surface area contributed by atoms with Crippen molar-refractivity contribution in [1.29, 1.82) is 0 Å². The molecule has 0 aliphatic heterocycles. The number of benzene rings is 2. The van der Waals surface area contributed by atoms with Crippen LogP contribution >= 0.6 is 0 Å². The summed E-state index contributed by atoms with van der Waals surface area (Å²) in [5.41, 5.74) is 2.18. The van der Waals surface area contributed by atoms with Crippen LogP contribution in [0.5, 0.6) is 5.75 Å². The third kappa shape index (κ3) is 5.04. The average Bonchev–Trinajstić information content (AvgIpc) is 2.74. The summed E-state index contributed by atoms with van der Waals surface area (Å²) in [6.45, 7) is 1.47. The van der Waals surface area contributed by atoms with Gasteiger partial charge in [0.2, 0.25) is 0 Å². The van der Waals surface area contributed by atoms with Gasteiger partial charge in [0.1, 0.15) is 5.75 Å². The number of Topliss-reactive ketones (excluding diaryl/α,β-unsaturated/α-hetero) is 1. The molecule has 2 aromatic carbocycles. The molecule has 0 bridgehead atoms. The van der Waals surface area contributed by atoms with Crippen LogP contribution in [-0.2, 0) is 0 Å². The molecule has 0 aliphatic carbocycles. The summed E-state index contributed by atoms with van der Waals surface area (Å²) in [7, 11) is 1.56. The second-order valence-corrected chi connectivity index (χ2v) is 6.23. The number of hydrogen-bond acceptors (Lipinski definition) is 5. The molecule has 0 saturated carbocycles. The molecule has 29 heavy (non-hydrogen) atoms. The number of hydrogen-bond donors (Lipinski definition) is 2. The predicted molar refractivity (Wildman–Crippen MR) is 110 cm³/mol. The maximum Gasteiger partial charge on any atom is 0.257 e. The van der Waals surface area contributed by atoms with E-state index < -0.39 is 5.91 Å². The fourth-order valence-corrected chi connectivity index (χ4v) is 2.56. The highest BCUT2D eigenvalue weighted by molar-refractivity contribution is 6.08. The molecular formula is C22H19N3O4. The molecule has 7 heteroatoms. The van der Waals surface area contributed by atoms with Crippen LogP contribution in [0.25, 0.3) is 0 Å². The van der Waals surface area contributed by atoms with E-state index in [1.165, 1.54) is 25.4 Å². The topological polar surface area (TPSA) is 97.4 Å². The number of nitrogens with one attached hydrogen (secondary N) is 2. The van der Waals surface area contributed by atoms with Crippen LogP contribution in [0.2, 0.25) is 0 Å². The number of rotatable bonds is 6. The Bertz CT molecular complexity index is 1040. The van der Waals surface area contributed by atoms with Crippen molar-refractivity contribution in [2.24, 2.45) is 0 Å². The SMILES string of the molecule is COc1ccc(NC(=O)c2cncc(C(=O)Nc3ccc(C(C)=O)cc3)c2)cc1. The van der Waals surface area contributed by atoms with Crippen LogP contribution in [0.1, 0.15) is 38.0 Å². The Hall–Kier alpha value is -4.00. The second-order valence-electron chi connectivity index (χ2n) is 6.23. The summed E-state index contributed by atoms with van der Waals surface area (Å²) in [6, 6.07) is 14.9. The minimum absolute atomic E-state index is 0.0531. The minimum Gasteiger partial charge on any atom is -0.497 e. The summed E-state index contributed by atoms with van der Waals surface area (Å²) in [6.07, 6.45) is 2.76. The fraction of sp³-hybridized carbons (Fsp3) is 0.0909. The molecule has 1 heterocycles. The number of ketones is 1. The Balaban J connectivity index is 1.69. The molecule has 0 aliphatic rings. The van der Waals surface area contributed by atoms with Crippen molar-refractivity contribution in [1.82, 2.24) is 4.98 Å². The Morgan fingerprint density at radius 2 is 1.24 bits per heavy atom. The monoisotopic (exact) mass is 389 g/mol. The van der Waals surface area contributed by atoms with Crippen molar-refractivity contribution in [3.8, 4) is 5.75 Å². The van der Waals surface area contributed by atoms with Gasteiger partial charge < -0.3 is 15.4 Å². The van der Waals surface area contributed by atoms with E-state index in [0.717, 1.165) is 0 Å². The van der Waals surface area contributed by atoms with E-state index in [0.29, 0.717) is 22.7 Å². The van der Waals surface area contributed by atoms with Crippen LogP contribution in [0.15, 0.2) is 67.0 Å². The van der Waals surface area contributed by atoms with Crippen LogP contribution in [0.4, 0.5) is 11.4 Å². The number of nitrogens with zero attached hydrogens (tertiary/aromatic N) is 1. The van der Waals surface area contributed by atoms with Gasteiger partial charge in [-0.3, -0.25) is 19.4 Å². The van der Waals surface area contributed by atoms with Crippen molar-refractivity contribution < 1.29 is 19.1 Å². The van der Waals surface area contributed by atoms with Crippen LogP contribution in [-0.4, -0.2) is 29.7 Å². The van der Waals surface area contributed by atoms with E-state index in [1.54, 1.807) is 55.6 Å². The molecule has 1 aromatic heterocycles. The highest BCUT2D eigenvalue weighted by Gasteiger charge is 2.12. The fourth-order valence-electron chi connectivity index (χ4n) is 2.56. The Morgan fingerprint density at radius 3 is 1.69 bits per heavy atom. The molecule has 146 valence electrons. The molecule has 7 nitrogen and oxygen atoms in total. The summed E-state index contributed by atoms with van der Waals surface area (Å²) in [5, 5.41) is 5.46. The zero-order valence-corrected chi connectivity index (χ0v) is 15.9. The minimum atomic E-state index is -0.410. The lowest BCUT2D eigenvalue weighted by molar-refractivity contribution is 0.101. The Labute approximate surface area is 167 Å².